The number of carbonyl (C=O) groups excluding carboxylic acids is 2. The van der Waals surface area contributed by atoms with Gasteiger partial charge in [-0.25, -0.2) is 14.6 Å². The highest BCUT2D eigenvalue weighted by Gasteiger charge is 2.24. The molecule has 40 heavy (non-hydrogen) atoms. The minimum absolute atomic E-state index is 0.133. The molecule has 212 valence electrons. The van der Waals surface area contributed by atoms with Gasteiger partial charge < -0.3 is 29.5 Å². The van der Waals surface area contributed by atoms with Crippen molar-refractivity contribution in [1.29, 1.82) is 0 Å². The summed E-state index contributed by atoms with van der Waals surface area (Å²) >= 11 is 0. The summed E-state index contributed by atoms with van der Waals surface area (Å²) in [6.07, 6.45) is 0.745. The molecule has 0 radical (unpaired) electrons. The maximum absolute atomic E-state index is 12.9. The molecule has 2 aromatic carbocycles. The van der Waals surface area contributed by atoms with Crippen molar-refractivity contribution in [2.75, 3.05) is 25.1 Å². The van der Waals surface area contributed by atoms with Gasteiger partial charge in [-0.3, -0.25) is 4.79 Å². The Morgan fingerprint density at radius 1 is 1.10 bits per heavy atom. The Labute approximate surface area is 232 Å². The summed E-state index contributed by atoms with van der Waals surface area (Å²) in [7, 11) is 0. The molecule has 10 heteroatoms. The number of rotatable bonds is 11. The minimum atomic E-state index is -0.963. The third-order valence-electron chi connectivity index (χ3n) is 6.06. The van der Waals surface area contributed by atoms with Crippen LogP contribution in [-0.4, -0.2) is 47.8 Å². The molecule has 0 bridgehead atoms. The van der Waals surface area contributed by atoms with Crippen LogP contribution in [0, 0.1) is 5.41 Å². The van der Waals surface area contributed by atoms with E-state index >= 15 is 0 Å². The zero-order valence-electron chi connectivity index (χ0n) is 23.3. The van der Waals surface area contributed by atoms with E-state index in [1.165, 1.54) is 6.07 Å². The number of esters is 1. The number of hydrogen-bond donors (Lipinski definition) is 3. The number of fused-ring (bicyclic) bond motifs is 2. The van der Waals surface area contributed by atoms with Crippen LogP contribution in [0.4, 0.5) is 10.7 Å². The number of nitrogens with zero attached hydrogens (tertiary/aromatic N) is 1. The van der Waals surface area contributed by atoms with E-state index in [-0.39, 0.29) is 30.5 Å². The molecule has 2 heterocycles. The fraction of sp³-hybridized carbons (Fsp3) is 0.400. The van der Waals surface area contributed by atoms with E-state index < -0.39 is 18.1 Å². The van der Waals surface area contributed by atoms with Gasteiger partial charge in [0.1, 0.15) is 17.4 Å². The number of para-hydroxylation sites is 2. The monoisotopic (exact) mass is 548 g/mol. The van der Waals surface area contributed by atoms with Crippen LogP contribution >= 0.6 is 0 Å². The highest BCUT2D eigenvalue weighted by Crippen LogP contribution is 2.18. The van der Waals surface area contributed by atoms with Crippen LogP contribution < -0.4 is 16.1 Å². The Morgan fingerprint density at radius 2 is 1.90 bits per heavy atom. The number of benzene rings is 2. The molecule has 10 nitrogen and oxygen atoms in total. The van der Waals surface area contributed by atoms with E-state index in [1.807, 2.05) is 45.0 Å². The second kappa shape index (κ2) is 12.7. The van der Waals surface area contributed by atoms with Gasteiger partial charge in [0.2, 0.25) is 5.95 Å². The lowest BCUT2D eigenvalue weighted by Gasteiger charge is -2.21. The van der Waals surface area contributed by atoms with E-state index in [0.29, 0.717) is 41.2 Å². The van der Waals surface area contributed by atoms with Gasteiger partial charge >= 0.3 is 12.1 Å². The molecule has 2 aromatic heterocycles. The van der Waals surface area contributed by atoms with Crippen LogP contribution in [0.25, 0.3) is 22.0 Å². The second-order valence-electron chi connectivity index (χ2n) is 10.8. The van der Waals surface area contributed by atoms with Crippen molar-refractivity contribution >= 4 is 40.0 Å². The molecular formula is C30H36N4O6. The highest BCUT2D eigenvalue weighted by molar-refractivity contribution is 5.82. The van der Waals surface area contributed by atoms with Gasteiger partial charge in [0, 0.05) is 25.5 Å². The van der Waals surface area contributed by atoms with Crippen molar-refractivity contribution in [2.45, 2.75) is 53.0 Å². The maximum Gasteiger partial charge on any atom is 0.407 e. The lowest BCUT2D eigenvalue weighted by Crippen LogP contribution is -2.44. The molecule has 0 aliphatic carbocycles. The SMILES string of the molecule is CCOC(=O)[C@H](Cc1ccc2oc(CCCNc3nc4ccccc4[nH]3)cc(=O)c2c1)NC(=O)OCC(C)(C)C. The van der Waals surface area contributed by atoms with Gasteiger partial charge in [0.25, 0.3) is 0 Å². The van der Waals surface area contributed by atoms with Crippen LogP contribution in [0.15, 0.2) is 57.7 Å². The number of hydrogen-bond acceptors (Lipinski definition) is 8. The number of ether oxygens (including phenoxy) is 2. The van der Waals surface area contributed by atoms with Gasteiger partial charge in [0.05, 0.1) is 29.6 Å². The minimum Gasteiger partial charge on any atom is -0.464 e. The molecule has 4 rings (SSSR count). The van der Waals surface area contributed by atoms with Crippen LogP contribution in [0.1, 0.15) is 45.4 Å². The van der Waals surface area contributed by atoms with Crippen molar-refractivity contribution in [3.63, 3.8) is 0 Å². The van der Waals surface area contributed by atoms with Gasteiger partial charge in [-0.1, -0.05) is 39.0 Å². The lowest BCUT2D eigenvalue weighted by molar-refractivity contribution is -0.145. The molecule has 0 aliphatic rings. The molecule has 0 fully saturated rings. The number of aromatic amines is 1. The Morgan fingerprint density at radius 3 is 2.65 bits per heavy atom. The Kier molecular flexibility index (Phi) is 9.08. The smallest absolute Gasteiger partial charge is 0.407 e. The Hall–Kier alpha value is -4.34. The molecule has 1 atom stereocenters. The first-order valence-corrected chi connectivity index (χ1v) is 13.5. The fourth-order valence-electron chi connectivity index (χ4n) is 4.15. The highest BCUT2D eigenvalue weighted by atomic mass is 16.6. The predicted molar refractivity (Wildman–Crippen MR) is 153 cm³/mol. The Bertz CT molecular complexity index is 1500. The molecule has 0 saturated carbocycles. The van der Waals surface area contributed by atoms with Crippen LogP contribution in [0.5, 0.6) is 0 Å². The number of anilines is 1. The number of carbonyl (C=O) groups is 2. The average Bonchev–Trinajstić information content (AvgIpc) is 3.33. The van der Waals surface area contributed by atoms with Gasteiger partial charge in [-0.15, -0.1) is 0 Å². The van der Waals surface area contributed by atoms with Gasteiger partial charge in [-0.2, -0.15) is 0 Å². The van der Waals surface area contributed by atoms with E-state index in [1.54, 1.807) is 25.1 Å². The average molecular weight is 549 g/mol. The standard InChI is InChI=1S/C30H36N4O6/c1-5-38-27(36)24(34-29(37)39-18-30(2,3)4)16-19-12-13-26-21(15-19)25(35)17-20(40-26)9-8-14-31-28-32-22-10-6-7-11-23(22)33-28/h6-7,10-13,15,17,24H,5,8-9,14,16,18H2,1-4H3,(H,34,37)(H2,31,32,33)/t24-/m0/s1. The van der Waals surface area contributed by atoms with Crippen molar-refractivity contribution in [3.05, 3.63) is 70.1 Å². The molecule has 0 aliphatic heterocycles. The van der Waals surface area contributed by atoms with Gasteiger partial charge in [-0.05, 0) is 48.6 Å². The first-order chi connectivity index (χ1) is 19.1. The number of nitrogens with one attached hydrogen (secondary N) is 3. The van der Waals surface area contributed by atoms with E-state index in [2.05, 4.69) is 20.6 Å². The third kappa shape index (κ3) is 7.84. The summed E-state index contributed by atoms with van der Waals surface area (Å²) in [5.74, 6) is 0.713. The van der Waals surface area contributed by atoms with E-state index in [9.17, 15) is 14.4 Å². The molecule has 0 spiro atoms. The normalized spacial score (nSPS) is 12.3. The van der Waals surface area contributed by atoms with Gasteiger partial charge in [0.15, 0.2) is 5.43 Å². The quantitative estimate of drug-likeness (QED) is 0.177. The summed E-state index contributed by atoms with van der Waals surface area (Å²) in [6.45, 7) is 8.54. The van der Waals surface area contributed by atoms with Crippen molar-refractivity contribution in [3.8, 4) is 0 Å². The molecule has 3 N–H and O–H groups in total. The molecule has 0 saturated heterocycles. The first-order valence-electron chi connectivity index (χ1n) is 13.5. The third-order valence-corrected chi connectivity index (χ3v) is 6.06. The number of aromatic nitrogens is 2. The van der Waals surface area contributed by atoms with Crippen molar-refractivity contribution in [1.82, 2.24) is 15.3 Å². The number of alkyl carbamates (subject to hydrolysis) is 1. The zero-order chi connectivity index (χ0) is 28.7. The summed E-state index contributed by atoms with van der Waals surface area (Å²) in [4.78, 5) is 45.5. The van der Waals surface area contributed by atoms with Crippen molar-refractivity contribution < 1.29 is 23.5 Å². The number of amides is 1. The van der Waals surface area contributed by atoms with Crippen molar-refractivity contribution in [2.24, 2.45) is 5.41 Å². The lowest BCUT2D eigenvalue weighted by atomic mass is 9.99. The molecule has 4 aromatic rings. The second-order valence-corrected chi connectivity index (χ2v) is 10.8. The summed E-state index contributed by atoms with van der Waals surface area (Å²) < 4.78 is 16.4. The summed E-state index contributed by atoms with van der Waals surface area (Å²) in [5, 5.41) is 6.26. The summed E-state index contributed by atoms with van der Waals surface area (Å²) in [5.41, 5.74) is 2.61. The fourth-order valence-corrected chi connectivity index (χ4v) is 4.15. The summed E-state index contributed by atoms with van der Waals surface area (Å²) in [6, 6.07) is 13.5. The zero-order valence-corrected chi connectivity index (χ0v) is 23.3. The van der Waals surface area contributed by atoms with Crippen LogP contribution in [0.2, 0.25) is 0 Å². The maximum atomic E-state index is 12.9. The number of imidazole rings is 1. The number of aryl methyl sites for hydroxylation is 1. The van der Waals surface area contributed by atoms with E-state index in [0.717, 1.165) is 17.5 Å². The first kappa shape index (κ1) is 28.7. The molecule has 1 amide bonds. The van der Waals surface area contributed by atoms with E-state index in [4.69, 9.17) is 13.9 Å². The number of H-pyrrole nitrogens is 1. The van der Waals surface area contributed by atoms with Crippen LogP contribution in [-0.2, 0) is 27.1 Å². The Balaban J connectivity index is 1.38. The molecule has 0 unspecified atom stereocenters. The molecular weight excluding hydrogens is 512 g/mol. The largest absolute Gasteiger partial charge is 0.464 e. The predicted octanol–water partition coefficient (Wildman–Crippen LogP) is 4.96. The topological polar surface area (TPSA) is 136 Å². The van der Waals surface area contributed by atoms with Crippen LogP contribution in [0.3, 0.4) is 0 Å².